The van der Waals surface area contributed by atoms with Crippen molar-refractivity contribution in [1.29, 1.82) is 0 Å². The van der Waals surface area contributed by atoms with Crippen LogP contribution < -0.4 is 5.32 Å². The number of hydrogen-bond acceptors (Lipinski definition) is 3. The Morgan fingerprint density at radius 2 is 1.52 bits per heavy atom. The van der Waals surface area contributed by atoms with Gasteiger partial charge < -0.3 is 15.2 Å². The fourth-order valence-electron chi connectivity index (χ4n) is 2.98. The van der Waals surface area contributed by atoms with Gasteiger partial charge in [0.25, 0.3) is 0 Å². The predicted molar refractivity (Wildman–Crippen MR) is 104 cm³/mol. The highest BCUT2D eigenvalue weighted by molar-refractivity contribution is 5.18. The van der Waals surface area contributed by atoms with E-state index in [9.17, 15) is 0 Å². The molecule has 1 unspecified atom stereocenters. The molecule has 0 bridgehead atoms. The highest BCUT2D eigenvalue weighted by Crippen LogP contribution is 2.18. The molecule has 0 radical (unpaired) electrons. The molecule has 25 heavy (non-hydrogen) atoms. The Bertz CT molecular complexity index is 544. The van der Waals surface area contributed by atoms with Crippen LogP contribution in [0.4, 0.5) is 0 Å². The minimum absolute atomic E-state index is 0.168. The lowest BCUT2D eigenvalue weighted by Gasteiger charge is -2.18. The van der Waals surface area contributed by atoms with Crippen LogP contribution in [0.2, 0.25) is 0 Å². The van der Waals surface area contributed by atoms with Gasteiger partial charge in [0, 0.05) is 25.8 Å². The maximum absolute atomic E-state index is 9.05. The second kappa shape index (κ2) is 12.6. The number of nitrogens with one attached hydrogen (secondary N) is 1. The van der Waals surface area contributed by atoms with Crippen LogP contribution in [0.5, 0.6) is 0 Å². The summed E-state index contributed by atoms with van der Waals surface area (Å²) >= 11 is 0. The summed E-state index contributed by atoms with van der Waals surface area (Å²) in [5.74, 6) is 0. The van der Waals surface area contributed by atoms with Gasteiger partial charge in [-0.3, -0.25) is 0 Å². The molecular weight excluding hydrogens is 310 g/mol. The zero-order valence-electron chi connectivity index (χ0n) is 15.1. The van der Waals surface area contributed by atoms with E-state index in [0.29, 0.717) is 6.54 Å². The summed E-state index contributed by atoms with van der Waals surface area (Å²) in [7, 11) is 0. The van der Waals surface area contributed by atoms with Crippen molar-refractivity contribution in [3.8, 4) is 0 Å². The number of benzene rings is 2. The number of unbranched alkanes of at least 4 members (excludes halogenated alkanes) is 1. The Morgan fingerprint density at radius 3 is 2.24 bits per heavy atom. The Balaban J connectivity index is 1.55. The quantitative estimate of drug-likeness (QED) is 0.538. The summed E-state index contributed by atoms with van der Waals surface area (Å²) in [6, 6.07) is 21.3. The van der Waals surface area contributed by atoms with Gasteiger partial charge in [0.1, 0.15) is 0 Å². The second-order valence-electron chi connectivity index (χ2n) is 6.34. The first-order valence-electron chi connectivity index (χ1n) is 9.41. The molecule has 0 aliphatic rings. The smallest absolute Gasteiger partial charge is 0.0556 e. The molecule has 0 aliphatic heterocycles. The van der Waals surface area contributed by atoms with E-state index in [-0.39, 0.29) is 12.6 Å². The highest BCUT2D eigenvalue weighted by Gasteiger charge is 2.09. The minimum atomic E-state index is 0.168. The van der Waals surface area contributed by atoms with Crippen molar-refractivity contribution >= 4 is 0 Å². The van der Waals surface area contributed by atoms with Crippen molar-refractivity contribution in [1.82, 2.24) is 5.32 Å². The molecule has 0 amide bonds. The number of ether oxygens (including phenoxy) is 1. The molecule has 0 spiro atoms. The van der Waals surface area contributed by atoms with Gasteiger partial charge in [0.2, 0.25) is 0 Å². The van der Waals surface area contributed by atoms with Crippen LogP contribution in [-0.2, 0) is 11.2 Å². The van der Waals surface area contributed by atoms with E-state index in [1.807, 2.05) is 6.07 Å². The highest BCUT2D eigenvalue weighted by atomic mass is 16.5. The summed E-state index contributed by atoms with van der Waals surface area (Å²) in [6.07, 6.45) is 5.46. The van der Waals surface area contributed by atoms with Crippen LogP contribution in [0.25, 0.3) is 0 Å². The Morgan fingerprint density at radius 1 is 0.840 bits per heavy atom. The van der Waals surface area contributed by atoms with Crippen LogP contribution in [0.1, 0.15) is 42.9 Å². The topological polar surface area (TPSA) is 41.5 Å². The molecule has 1 atom stereocenters. The van der Waals surface area contributed by atoms with Gasteiger partial charge in [0.05, 0.1) is 6.61 Å². The van der Waals surface area contributed by atoms with E-state index in [4.69, 9.17) is 9.84 Å². The number of hydrogen-bond donors (Lipinski definition) is 2. The monoisotopic (exact) mass is 341 g/mol. The second-order valence-corrected chi connectivity index (χ2v) is 6.34. The minimum Gasteiger partial charge on any atom is -0.395 e. The van der Waals surface area contributed by atoms with Gasteiger partial charge in [-0.1, -0.05) is 60.7 Å². The number of rotatable bonds is 13. The SMILES string of the molecule is OCCNC(CCCOCCCCc1ccccc1)c1ccccc1. The fraction of sp³-hybridized carbons (Fsp3) is 0.455. The molecule has 136 valence electrons. The van der Waals surface area contributed by atoms with Crippen LogP contribution in [-0.4, -0.2) is 31.5 Å². The van der Waals surface area contributed by atoms with E-state index in [1.165, 1.54) is 17.5 Å². The third-order valence-corrected chi connectivity index (χ3v) is 4.33. The van der Waals surface area contributed by atoms with E-state index in [1.54, 1.807) is 0 Å². The van der Waals surface area contributed by atoms with E-state index in [0.717, 1.165) is 38.9 Å². The molecule has 2 aromatic carbocycles. The molecular formula is C22H31NO2. The fourth-order valence-corrected chi connectivity index (χ4v) is 2.98. The van der Waals surface area contributed by atoms with Crippen molar-refractivity contribution in [2.24, 2.45) is 0 Å². The van der Waals surface area contributed by atoms with Crippen LogP contribution in [0.15, 0.2) is 60.7 Å². The normalized spacial score (nSPS) is 12.2. The summed E-state index contributed by atoms with van der Waals surface area (Å²) in [5, 5.41) is 12.5. The lowest BCUT2D eigenvalue weighted by atomic mass is 10.0. The molecule has 3 heteroatoms. The lowest BCUT2D eigenvalue weighted by molar-refractivity contribution is 0.124. The molecule has 0 saturated heterocycles. The number of aliphatic hydroxyl groups excluding tert-OH is 1. The van der Waals surface area contributed by atoms with Gasteiger partial charge in [0.15, 0.2) is 0 Å². The van der Waals surface area contributed by atoms with Gasteiger partial charge in [-0.05, 0) is 43.2 Å². The Hall–Kier alpha value is -1.68. The number of aryl methyl sites for hydroxylation is 1. The largest absolute Gasteiger partial charge is 0.395 e. The van der Waals surface area contributed by atoms with Gasteiger partial charge in [-0.25, -0.2) is 0 Å². The molecule has 0 aliphatic carbocycles. The molecule has 0 saturated carbocycles. The first kappa shape index (κ1) is 19.6. The van der Waals surface area contributed by atoms with Crippen LogP contribution in [0.3, 0.4) is 0 Å². The molecule has 0 aromatic heterocycles. The summed E-state index contributed by atoms with van der Waals surface area (Å²) < 4.78 is 5.79. The molecule has 2 rings (SSSR count). The maximum Gasteiger partial charge on any atom is 0.0556 e. The first-order valence-corrected chi connectivity index (χ1v) is 9.41. The summed E-state index contributed by atoms with van der Waals surface area (Å²) in [4.78, 5) is 0. The average Bonchev–Trinajstić information content (AvgIpc) is 2.67. The van der Waals surface area contributed by atoms with Crippen molar-refractivity contribution < 1.29 is 9.84 Å². The zero-order valence-corrected chi connectivity index (χ0v) is 15.1. The standard InChI is InChI=1S/C22H31NO2/c24-17-16-23-22(21-13-5-2-6-14-21)15-9-19-25-18-8-7-12-20-10-3-1-4-11-20/h1-6,10-11,13-14,22-24H,7-9,12,15-19H2. The predicted octanol–water partition coefficient (Wildman–Crippen LogP) is 4.13. The summed E-state index contributed by atoms with van der Waals surface area (Å²) in [6.45, 7) is 2.43. The molecule has 2 aromatic rings. The number of aliphatic hydroxyl groups is 1. The summed E-state index contributed by atoms with van der Waals surface area (Å²) in [5.41, 5.74) is 2.68. The maximum atomic E-state index is 9.05. The third kappa shape index (κ3) is 8.30. The Labute approximate surface area is 152 Å². The van der Waals surface area contributed by atoms with Crippen molar-refractivity contribution in [2.75, 3.05) is 26.4 Å². The van der Waals surface area contributed by atoms with Crippen molar-refractivity contribution in [3.05, 3.63) is 71.8 Å². The van der Waals surface area contributed by atoms with Crippen LogP contribution >= 0.6 is 0 Å². The van der Waals surface area contributed by atoms with Crippen LogP contribution in [0, 0.1) is 0 Å². The lowest BCUT2D eigenvalue weighted by Crippen LogP contribution is -2.24. The zero-order chi connectivity index (χ0) is 17.6. The molecule has 0 fully saturated rings. The van der Waals surface area contributed by atoms with E-state index in [2.05, 4.69) is 59.9 Å². The van der Waals surface area contributed by atoms with Crippen molar-refractivity contribution in [2.45, 2.75) is 38.1 Å². The van der Waals surface area contributed by atoms with Gasteiger partial charge in [-0.15, -0.1) is 0 Å². The first-order chi connectivity index (χ1) is 12.4. The van der Waals surface area contributed by atoms with Crippen molar-refractivity contribution in [3.63, 3.8) is 0 Å². The van der Waals surface area contributed by atoms with Gasteiger partial charge >= 0.3 is 0 Å². The third-order valence-electron chi connectivity index (χ3n) is 4.33. The average molecular weight is 341 g/mol. The molecule has 0 heterocycles. The van der Waals surface area contributed by atoms with E-state index >= 15 is 0 Å². The molecule has 3 nitrogen and oxygen atoms in total. The molecule has 2 N–H and O–H groups in total. The Kier molecular flexibility index (Phi) is 9.94. The van der Waals surface area contributed by atoms with E-state index < -0.39 is 0 Å². The van der Waals surface area contributed by atoms with Gasteiger partial charge in [-0.2, -0.15) is 0 Å².